The molecule has 0 aliphatic heterocycles. The molecule has 0 fully saturated rings. The number of benzene rings is 2. The third-order valence-corrected chi connectivity index (χ3v) is 6.11. The maximum absolute atomic E-state index is 15.2. The summed E-state index contributed by atoms with van der Waals surface area (Å²) in [7, 11) is -1.50. The van der Waals surface area contributed by atoms with Gasteiger partial charge < -0.3 is 5.11 Å². The Bertz CT molecular complexity index is 730. The normalized spacial score (nSPS) is 17.1. The second kappa shape index (κ2) is 6.77. The summed E-state index contributed by atoms with van der Waals surface area (Å²) in [6.45, 7) is 8.82. The molecule has 2 nitrogen and oxygen atoms in total. The first-order valence-corrected chi connectivity index (χ1v) is 9.14. The Morgan fingerprint density at radius 2 is 1.54 bits per heavy atom. The summed E-state index contributed by atoms with van der Waals surface area (Å²) in [6.07, 6.45) is -1.64. The second-order valence-corrected chi connectivity index (χ2v) is 8.83. The molecule has 1 N–H and O–H groups in total. The fourth-order valence-electron chi connectivity index (χ4n) is 2.33. The zero-order valence-corrected chi connectivity index (χ0v) is 15.7. The predicted molar refractivity (Wildman–Crippen MR) is 96.2 cm³/mol. The van der Waals surface area contributed by atoms with Crippen LogP contribution < -0.4 is 0 Å². The summed E-state index contributed by atoms with van der Waals surface area (Å²) in [5, 5.41) is 10.7. The average Bonchev–Trinajstić information content (AvgIpc) is 2.53. The Balaban J connectivity index is 2.48. The van der Waals surface area contributed by atoms with Crippen LogP contribution in [0.1, 0.15) is 45.0 Å². The van der Waals surface area contributed by atoms with E-state index in [0.29, 0.717) is 9.79 Å². The van der Waals surface area contributed by atoms with Crippen LogP contribution in [0.2, 0.25) is 0 Å². The quantitative estimate of drug-likeness (QED) is 0.847. The van der Waals surface area contributed by atoms with Crippen molar-refractivity contribution in [2.24, 2.45) is 5.41 Å². The minimum atomic E-state index is -1.64. The van der Waals surface area contributed by atoms with E-state index < -0.39 is 28.0 Å². The molecule has 0 aliphatic carbocycles. The van der Waals surface area contributed by atoms with Crippen molar-refractivity contribution >= 4 is 10.8 Å². The molecule has 0 saturated heterocycles. The highest BCUT2D eigenvalue weighted by Crippen LogP contribution is 2.44. The highest BCUT2D eigenvalue weighted by atomic mass is 32.2. The molecule has 0 radical (unpaired) electrons. The van der Waals surface area contributed by atoms with Crippen molar-refractivity contribution in [1.82, 2.24) is 0 Å². The lowest BCUT2D eigenvalue weighted by atomic mass is 9.73. The maximum atomic E-state index is 15.2. The highest BCUT2D eigenvalue weighted by molar-refractivity contribution is 7.85. The van der Waals surface area contributed by atoms with E-state index in [4.69, 9.17) is 0 Å². The number of hydrogen-bond donors (Lipinski definition) is 1. The Morgan fingerprint density at radius 3 is 2.08 bits per heavy atom. The molecule has 130 valence electrons. The first-order chi connectivity index (χ1) is 11.1. The van der Waals surface area contributed by atoms with Gasteiger partial charge in [-0.25, -0.2) is 8.60 Å². The van der Waals surface area contributed by atoms with Crippen molar-refractivity contribution in [2.75, 3.05) is 0 Å². The van der Waals surface area contributed by atoms with Crippen LogP contribution in [-0.2, 0) is 10.8 Å². The number of alkyl halides is 1. The van der Waals surface area contributed by atoms with Gasteiger partial charge in [0.05, 0.1) is 10.8 Å². The topological polar surface area (TPSA) is 37.3 Å². The summed E-state index contributed by atoms with van der Waals surface area (Å²) >= 11 is 0. The molecule has 0 heterocycles. The van der Waals surface area contributed by atoms with Gasteiger partial charge in [0, 0.05) is 15.4 Å². The number of rotatable bonds is 4. The standard InChI is InChI=1S/C20H25FO2S/c1-14-10-12-15(13-11-14)24(23)17-9-7-6-8-16(17)18(21)20(5,22)19(2,3)4/h6-13,18,22H,1-5H3/t18-,20+,24-/m0/s1. The third-order valence-electron chi connectivity index (χ3n) is 4.64. The van der Waals surface area contributed by atoms with E-state index in [2.05, 4.69) is 0 Å². The van der Waals surface area contributed by atoms with Crippen molar-refractivity contribution in [2.45, 2.75) is 56.2 Å². The van der Waals surface area contributed by atoms with E-state index in [1.807, 2.05) is 19.1 Å². The lowest BCUT2D eigenvalue weighted by Crippen LogP contribution is -2.44. The highest BCUT2D eigenvalue weighted by Gasteiger charge is 2.44. The molecule has 0 unspecified atom stereocenters. The Morgan fingerprint density at radius 1 is 1.00 bits per heavy atom. The number of hydrogen-bond acceptors (Lipinski definition) is 2. The van der Waals surface area contributed by atoms with Gasteiger partial charge in [0.2, 0.25) is 0 Å². The van der Waals surface area contributed by atoms with Crippen LogP contribution >= 0.6 is 0 Å². The predicted octanol–water partition coefficient (Wildman–Crippen LogP) is 4.97. The molecule has 0 amide bonds. The van der Waals surface area contributed by atoms with Crippen molar-refractivity contribution in [1.29, 1.82) is 0 Å². The van der Waals surface area contributed by atoms with Gasteiger partial charge >= 0.3 is 0 Å². The molecule has 0 spiro atoms. The van der Waals surface area contributed by atoms with Crippen LogP contribution in [0.15, 0.2) is 58.3 Å². The summed E-state index contributed by atoms with van der Waals surface area (Å²) in [6, 6.07) is 14.1. The number of aliphatic hydroxyl groups is 1. The zero-order valence-electron chi connectivity index (χ0n) is 14.8. The number of aryl methyl sites for hydroxylation is 1. The van der Waals surface area contributed by atoms with Gasteiger partial charge in [0.15, 0.2) is 6.17 Å². The van der Waals surface area contributed by atoms with Crippen molar-refractivity contribution < 1.29 is 13.7 Å². The van der Waals surface area contributed by atoms with E-state index in [1.165, 1.54) is 6.92 Å². The SMILES string of the molecule is Cc1ccc([S@](=O)c2ccccc2[C@H](F)[C@@](C)(O)C(C)(C)C)cc1. The van der Waals surface area contributed by atoms with Crippen LogP contribution in [0.25, 0.3) is 0 Å². The molecule has 4 heteroatoms. The molecule has 2 rings (SSSR count). The maximum Gasteiger partial charge on any atom is 0.155 e. The van der Waals surface area contributed by atoms with Crippen LogP contribution in [0.5, 0.6) is 0 Å². The van der Waals surface area contributed by atoms with E-state index in [0.717, 1.165) is 5.56 Å². The molecule has 24 heavy (non-hydrogen) atoms. The van der Waals surface area contributed by atoms with Crippen LogP contribution in [-0.4, -0.2) is 14.9 Å². The molecular formula is C20H25FO2S. The van der Waals surface area contributed by atoms with Crippen LogP contribution in [0.4, 0.5) is 4.39 Å². The summed E-state index contributed by atoms with van der Waals surface area (Å²) in [5.74, 6) is 0. The van der Waals surface area contributed by atoms with Crippen molar-refractivity contribution in [3.05, 3.63) is 59.7 Å². The minimum Gasteiger partial charge on any atom is -0.386 e. The van der Waals surface area contributed by atoms with Gasteiger partial charge in [-0.1, -0.05) is 56.7 Å². The second-order valence-electron chi connectivity index (χ2n) is 7.38. The van der Waals surface area contributed by atoms with E-state index in [-0.39, 0.29) is 5.56 Å². The summed E-state index contributed by atoms with van der Waals surface area (Å²) in [5.41, 5.74) is -0.898. The van der Waals surface area contributed by atoms with Gasteiger partial charge in [0.1, 0.15) is 5.60 Å². The van der Waals surface area contributed by atoms with Crippen LogP contribution in [0, 0.1) is 12.3 Å². The van der Waals surface area contributed by atoms with E-state index in [1.54, 1.807) is 57.2 Å². The lowest BCUT2D eigenvalue weighted by molar-refractivity contribution is -0.102. The average molecular weight is 348 g/mol. The first-order valence-electron chi connectivity index (χ1n) is 7.99. The van der Waals surface area contributed by atoms with Gasteiger partial charge in [-0.05, 0) is 37.5 Å². The molecule has 2 aromatic rings. The van der Waals surface area contributed by atoms with E-state index >= 15 is 4.39 Å². The Labute approximate surface area is 146 Å². The lowest BCUT2D eigenvalue weighted by Gasteiger charge is -2.40. The molecular weight excluding hydrogens is 323 g/mol. The van der Waals surface area contributed by atoms with Gasteiger partial charge in [-0.3, -0.25) is 0 Å². The minimum absolute atomic E-state index is 0.274. The van der Waals surface area contributed by atoms with E-state index in [9.17, 15) is 9.32 Å². The molecule has 0 saturated carbocycles. The fraction of sp³-hybridized carbons (Fsp3) is 0.400. The summed E-state index contributed by atoms with van der Waals surface area (Å²) in [4.78, 5) is 1.02. The van der Waals surface area contributed by atoms with Gasteiger partial charge in [0.25, 0.3) is 0 Å². The molecule has 3 atom stereocenters. The third kappa shape index (κ3) is 3.60. The zero-order chi connectivity index (χ0) is 18.1. The van der Waals surface area contributed by atoms with Crippen molar-refractivity contribution in [3.8, 4) is 0 Å². The largest absolute Gasteiger partial charge is 0.386 e. The Hall–Kier alpha value is -1.52. The Kier molecular flexibility index (Phi) is 5.31. The van der Waals surface area contributed by atoms with Gasteiger partial charge in [-0.2, -0.15) is 0 Å². The summed E-state index contributed by atoms with van der Waals surface area (Å²) < 4.78 is 28.1. The van der Waals surface area contributed by atoms with Crippen molar-refractivity contribution in [3.63, 3.8) is 0 Å². The smallest absolute Gasteiger partial charge is 0.155 e. The van der Waals surface area contributed by atoms with Crippen LogP contribution in [0.3, 0.4) is 0 Å². The fourth-order valence-corrected chi connectivity index (χ4v) is 3.56. The molecule has 0 aromatic heterocycles. The number of halogens is 1. The molecule has 0 bridgehead atoms. The van der Waals surface area contributed by atoms with Gasteiger partial charge in [-0.15, -0.1) is 0 Å². The monoisotopic (exact) mass is 348 g/mol. The first kappa shape index (κ1) is 18.8. The molecule has 2 aromatic carbocycles. The molecule has 0 aliphatic rings.